The van der Waals surface area contributed by atoms with Crippen molar-refractivity contribution >= 4 is 39.3 Å². The number of amides is 1. The molecule has 0 aliphatic carbocycles. The molecule has 4 rings (SSSR count). The van der Waals surface area contributed by atoms with Gasteiger partial charge in [-0.25, -0.2) is 13.4 Å². The number of sulfonamides is 1. The highest BCUT2D eigenvalue weighted by Crippen LogP contribution is 2.25. The van der Waals surface area contributed by atoms with Gasteiger partial charge in [0.15, 0.2) is 0 Å². The van der Waals surface area contributed by atoms with Crippen LogP contribution in [0.25, 0.3) is 0 Å². The largest absolute Gasteiger partial charge is 0.388 e. The molecule has 0 spiro atoms. The van der Waals surface area contributed by atoms with E-state index >= 15 is 0 Å². The summed E-state index contributed by atoms with van der Waals surface area (Å²) in [6, 6.07) is 25.3. The fourth-order valence-electron chi connectivity index (χ4n) is 4.16. The number of nitrogens with zero attached hydrogens (tertiary/aromatic N) is 1. The van der Waals surface area contributed by atoms with E-state index in [0.29, 0.717) is 18.5 Å². The Kier molecular flexibility index (Phi) is 9.30. The Morgan fingerprint density at radius 2 is 1.64 bits per heavy atom. The van der Waals surface area contributed by atoms with Crippen LogP contribution in [0.15, 0.2) is 96.0 Å². The van der Waals surface area contributed by atoms with Crippen LogP contribution in [0.2, 0.25) is 0 Å². The Balaban J connectivity index is 1.24. The van der Waals surface area contributed by atoms with E-state index in [0.717, 1.165) is 41.8 Å². The smallest absolute Gasteiger partial charge is 0.263 e. The van der Waals surface area contributed by atoms with E-state index in [1.807, 2.05) is 37.3 Å². The van der Waals surface area contributed by atoms with Gasteiger partial charge in [0.05, 0.1) is 11.0 Å². The highest BCUT2D eigenvalue weighted by molar-refractivity contribution is 7.92. The lowest BCUT2D eigenvalue weighted by Gasteiger charge is -2.14. The van der Waals surface area contributed by atoms with Crippen molar-refractivity contribution in [1.29, 1.82) is 0 Å². The van der Waals surface area contributed by atoms with E-state index in [9.17, 15) is 18.3 Å². The monoisotopic (exact) mass is 544 g/mol. The zero-order valence-corrected chi connectivity index (χ0v) is 22.5. The van der Waals surface area contributed by atoms with Gasteiger partial charge in [0, 0.05) is 23.3 Å². The first-order valence-corrected chi connectivity index (χ1v) is 14.2. The van der Waals surface area contributed by atoms with Gasteiger partial charge >= 0.3 is 0 Å². The quantitative estimate of drug-likeness (QED) is 0.122. The van der Waals surface area contributed by atoms with E-state index in [-0.39, 0.29) is 10.7 Å². The maximum Gasteiger partial charge on any atom is 0.263 e. The summed E-state index contributed by atoms with van der Waals surface area (Å²) < 4.78 is 27.6. The number of anilines is 4. The van der Waals surface area contributed by atoms with Gasteiger partial charge in [-0.15, -0.1) is 0 Å². The van der Waals surface area contributed by atoms with Gasteiger partial charge in [-0.2, -0.15) is 0 Å². The second-order valence-electron chi connectivity index (χ2n) is 9.26. The molecule has 202 valence electrons. The number of carbonyl (C=O) groups excluding carboxylic acids is 1. The van der Waals surface area contributed by atoms with Crippen molar-refractivity contribution in [3.05, 3.63) is 108 Å². The molecule has 1 atom stereocenters. The molecule has 0 aliphatic rings. The number of unbranched alkanes of at least 4 members (excludes halogenated alkanes) is 1. The molecule has 0 radical (unpaired) electrons. The minimum absolute atomic E-state index is 0.152. The molecule has 1 amide bonds. The highest BCUT2D eigenvalue weighted by atomic mass is 32.2. The second-order valence-corrected chi connectivity index (χ2v) is 10.9. The summed E-state index contributed by atoms with van der Waals surface area (Å²) >= 11 is 0. The summed E-state index contributed by atoms with van der Waals surface area (Å²) in [4.78, 5) is 14.9. The van der Waals surface area contributed by atoms with Gasteiger partial charge in [-0.05, 0) is 97.5 Å². The molecular weight excluding hydrogens is 512 g/mol. The van der Waals surface area contributed by atoms with Crippen molar-refractivity contribution in [3.63, 3.8) is 0 Å². The summed E-state index contributed by atoms with van der Waals surface area (Å²) in [5.41, 5.74) is 5.34. The average molecular weight is 545 g/mol. The van der Waals surface area contributed by atoms with E-state index in [1.165, 1.54) is 11.8 Å². The number of nitrogens with one attached hydrogen (secondary N) is 3. The predicted octanol–water partition coefficient (Wildman–Crippen LogP) is 5.95. The van der Waals surface area contributed by atoms with Crippen molar-refractivity contribution in [3.8, 4) is 0 Å². The van der Waals surface area contributed by atoms with Gasteiger partial charge in [0.2, 0.25) is 6.41 Å². The summed E-state index contributed by atoms with van der Waals surface area (Å²) in [5, 5.41) is 16.5. The molecule has 9 heteroatoms. The summed E-state index contributed by atoms with van der Waals surface area (Å²) in [6.07, 6.45) is 4.95. The zero-order chi connectivity index (χ0) is 27.7. The van der Waals surface area contributed by atoms with Crippen molar-refractivity contribution in [2.75, 3.05) is 15.4 Å². The van der Waals surface area contributed by atoms with Crippen LogP contribution in [0.4, 0.5) is 22.9 Å². The topological polar surface area (TPSA) is 120 Å². The van der Waals surface area contributed by atoms with Gasteiger partial charge in [-0.3, -0.25) is 9.52 Å². The molecule has 0 unspecified atom stereocenters. The maximum absolute atomic E-state index is 12.6. The molecule has 4 aromatic rings. The number of hydrogen-bond donors (Lipinski definition) is 4. The number of hydrogen-bond acceptors (Lipinski definition) is 6. The number of benzene rings is 3. The molecular formula is C30H32N4O4S. The standard InChI is InChI=1S/C30H32N4O4S/c1-22-9-12-24(20-28(22)32-21-35)29(36)7-3-2-6-23-10-13-25(14-11-23)33-26-15-17-27(18-16-26)39(37,38)34-30-8-4-5-19-31-30/h4-5,8-21,29,33,36H,2-3,6-7H2,1H3,(H,31,34)(H,32,35)/t29-/m0/s1. The average Bonchev–Trinajstić information content (AvgIpc) is 2.94. The lowest BCUT2D eigenvalue weighted by atomic mass is 9.99. The van der Waals surface area contributed by atoms with Crippen LogP contribution in [-0.2, 0) is 21.2 Å². The first kappa shape index (κ1) is 27.8. The first-order chi connectivity index (χ1) is 18.8. The van der Waals surface area contributed by atoms with Gasteiger partial charge in [-0.1, -0.05) is 36.8 Å². The SMILES string of the molecule is Cc1ccc([C@@H](O)CCCCc2ccc(Nc3ccc(S(=O)(=O)Nc4ccccn4)cc3)cc2)cc1NC=O. The molecule has 1 aromatic heterocycles. The molecule has 4 N–H and O–H groups in total. The lowest BCUT2D eigenvalue weighted by molar-refractivity contribution is -0.105. The normalized spacial score (nSPS) is 11.9. The van der Waals surface area contributed by atoms with Crippen molar-refractivity contribution in [1.82, 2.24) is 4.98 Å². The fraction of sp³-hybridized carbons (Fsp3) is 0.200. The Labute approximate surface area is 229 Å². The third-order valence-electron chi connectivity index (χ3n) is 6.36. The third-order valence-corrected chi connectivity index (χ3v) is 7.74. The molecule has 0 fully saturated rings. The van der Waals surface area contributed by atoms with Crippen LogP contribution in [0.5, 0.6) is 0 Å². The summed E-state index contributed by atoms with van der Waals surface area (Å²) in [5.74, 6) is 0.268. The van der Waals surface area contributed by atoms with Crippen molar-refractivity contribution in [2.24, 2.45) is 0 Å². The van der Waals surface area contributed by atoms with Gasteiger partial charge in [0.25, 0.3) is 10.0 Å². The van der Waals surface area contributed by atoms with E-state index in [2.05, 4.69) is 32.5 Å². The highest BCUT2D eigenvalue weighted by Gasteiger charge is 2.14. The number of aromatic nitrogens is 1. The Morgan fingerprint density at radius 3 is 2.31 bits per heavy atom. The third kappa shape index (κ3) is 7.89. The minimum Gasteiger partial charge on any atom is -0.388 e. The molecule has 0 saturated carbocycles. The minimum atomic E-state index is -3.72. The Morgan fingerprint density at radius 1 is 0.923 bits per heavy atom. The van der Waals surface area contributed by atoms with E-state index in [4.69, 9.17) is 0 Å². The van der Waals surface area contributed by atoms with Crippen LogP contribution >= 0.6 is 0 Å². The zero-order valence-electron chi connectivity index (χ0n) is 21.7. The number of pyridine rings is 1. The molecule has 0 bridgehead atoms. The van der Waals surface area contributed by atoms with E-state index in [1.54, 1.807) is 42.5 Å². The van der Waals surface area contributed by atoms with Crippen LogP contribution in [0.3, 0.4) is 0 Å². The Hall–Kier alpha value is -4.21. The van der Waals surface area contributed by atoms with Crippen LogP contribution in [0.1, 0.15) is 42.1 Å². The van der Waals surface area contributed by atoms with E-state index < -0.39 is 16.1 Å². The number of carbonyl (C=O) groups is 1. The predicted molar refractivity (Wildman–Crippen MR) is 155 cm³/mol. The van der Waals surface area contributed by atoms with Crippen LogP contribution in [0, 0.1) is 6.92 Å². The number of rotatable bonds is 13. The lowest BCUT2D eigenvalue weighted by Crippen LogP contribution is -2.13. The Bertz CT molecular complexity index is 1480. The van der Waals surface area contributed by atoms with Crippen LogP contribution < -0.4 is 15.4 Å². The molecule has 1 heterocycles. The molecule has 8 nitrogen and oxygen atoms in total. The van der Waals surface area contributed by atoms with Gasteiger partial charge in [0.1, 0.15) is 5.82 Å². The summed E-state index contributed by atoms with van der Waals surface area (Å²) in [7, 11) is -3.72. The van der Waals surface area contributed by atoms with Gasteiger partial charge < -0.3 is 15.7 Å². The van der Waals surface area contributed by atoms with Crippen molar-refractivity contribution < 1.29 is 18.3 Å². The van der Waals surface area contributed by atoms with Crippen molar-refractivity contribution in [2.45, 2.75) is 43.6 Å². The fourth-order valence-corrected chi connectivity index (χ4v) is 5.17. The maximum atomic E-state index is 12.6. The molecule has 3 aromatic carbocycles. The van der Waals surface area contributed by atoms with Crippen LogP contribution in [-0.4, -0.2) is 24.9 Å². The number of aliphatic hydroxyl groups is 1. The number of aliphatic hydroxyl groups excluding tert-OH is 1. The molecule has 0 aliphatic heterocycles. The molecule has 0 saturated heterocycles. The second kappa shape index (κ2) is 13.0. The summed E-state index contributed by atoms with van der Waals surface area (Å²) in [6.45, 7) is 1.91. The molecule has 39 heavy (non-hydrogen) atoms. The first-order valence-electron chi connectivity index (χ1n) is 12.7. The number of aryl methyl sites for hydroxylation is 2.